The predicted octanol–water partition coefficient (Wildman–Crippen LogP) is 0.438. The van der Waals surface area contributed by atoms with Gasteiger partial charge in [-0.05, 0) is 18.6 Å². The highest BCUT2D eigenvalue weighted by atomic mass is 32.2. The van der Waals surface area contributed by atoms with Crippen LogP contribution >= 0.6 is 0 Å². The fraction of sp³-hybridized carbons (Fsp3) is 0.688. The average Bonchev–Trinajstić information content (AvgIpc) is 3.03. The normalized spacial score (nSPS) is 28.8. The van der Waals surface area contributed by atoms with Crippen LogP contribution < -0.4 is 0 Å². The first kappa shape index (κ1) is 17.8. The van der Waals surface area contributed by atoms with Crippen LogP contribution in [-0.4, -0.2) is 81.8 Å². The number of likely N-dealkylation sites (tertiary alicyclic amines) is 1. The number of rotatable bonds is 6. The summed E-state index contributed by atoms with van der Waals surface area (Å²) in [6.45, 7) is 3.49. The standard InChI is InChI=1S/C16H25N3O4S/c1-22-9-8-18-11-14-15(12-18)19(7-5-16(14)23-2)24(20,21)13-4-3-6-17-10-13/h3-4,6,10,14-16H,5,7-9,11-12H2,1-2H3/t14-,15+,16-/m1/s1. The molecule has 134 valence electrons. The quantitative estimate of drug-likeness (QED) is 0.737. The zero-order chi connectivity index (χ0) is 17.2. The lowest BCUT2D eigenvalue weighted by molar-refractivity contribution is 0.00217. The van der Waals surface area contributed by atoms with E-state index in [1.165, 1.54) is 6.20 Å². The Morgan fingerprint density at radius 2 is 2.17 bits per heavy atom. The van der Waals surface area contributed by atoms with E-state index in [9.17, 15) is 8.42 Å². The van der Waals surface area contributed by atoms with Crippen molar-refractivity contribution in [3.8, 4) is 0 Å². The van der Waals surface area contributed by atoms with Gasteiger partial charge in [-0.25, -0.2) is 8.42 Å². The Bertz CT molecular complexity index is 640. The third-order valence-corrected chi connectivity index (χ3v) is 6.95. The number of sulfonamides is 1. The summed E-state index contributed by atoms with van der Waals surface area (Å²) in [5.41, 5.74) is 0. The van der Waals surface area contributed by atoms with Crippen molar-refractivity contribution in [2.45, 2.75) is 23.5 Å². The maximum Gasteiger partial charge on any atom is 0.244 e. The fourth-order valence-corrected chi connectivity index (χ4v) is 5.47. The lowest BCUT2D eigenvalue weighted by Gasteiger charge is -2.40. The van der Waals surface area contributed by atoms with E-state index in [4.69, 9.17) is 9.47 Å². The second-order valence-electron chi connectivity index (χ2n) is 6.35. The molecule has 0 unspecified atom stereocenters. The van der Waals surface area contributed by atoms with Crippen molar-refractivity contribution in [3.05, 3.63) is 24.5 Å². The number of fused-ring (bicyclic) bond motifs is 1. The molecule has 7 nitrogen and oxygen atoms in total. The van der Waals surface area contributed by atoms with Gasteiger partial charge in [-0.3, -0.25) is 9.88 Å². The minimum Gasteiger partial charge on any atom is -0.383 e. The average molecular weight is 355 g/mol. The molecule has 1 aromatic heterocycles. The number of piperidine rings is 1. The highest BCUT2D eigenvalue weighted by Crippen LogP contribution is 2.35. The molecule has 0 radical (unpaired) electrons. The highest BCUT2D eigenvalue weighted by molar-refractivity contribution is 7.89. The molecule has 3 rings (SSSR count). The monoisotopic (exact) mass is 355 g/mol. The van der Waals surface area contributed by atoms with Crippen LogP contribution in [0, 0.1) is 5.92 Å². The van der Waals surface area contributed by atoms with Crippen molar-refractivity contribution in [2.24, 2.45) is 5.92 Å². The Morgan fingerprint density at radius 1 is 1.33 bits per heavy atom. The summed E-state index contributed by atoms with van der Waals surface area (Å²) in [5.74, 6) is 0.187. The summed E-state index contributed by atoms with van der Waals surface area (Å²) in [7, 11) is -0.141. The van der Waals surface area contributed by atoms with Gasteiger partial charge in [0.05, 0.1) is 12.7 Å². The van der Waals surface area contributed by atoms with Gasteiger partial charge < -0.3 is 9.47 Å². The van der Waals surface area contributed by atoms with Crippen molar-refractivity contribution in [2.75, 3.05) is 47.0 Å². The predicted molar refractivity (Wildman–Crippen MR) is 89.1 cm³/mol. The molecule has 0 aromatic carbocycles. The SMILES string of the molecule is COCCN1C[C@H]2[C@H](OC)CCN(S(=O)(=O)c3cccnc3)[C@H]2C1. The Balaban J connectivity index is 1.84. The molecule has 2 aliphatic heterocycles. The zero-order valence-electron chi connectivity index (χ0n) is 14.2. The van der Waals surface area contributed by atoms with Crippen LogP contribution in [-0.2, 0) is 19.5 Å². The summed E-state index contributed by atoms with van der Waals surface area (Å²) in [6, 6.07) is 3.20. The smallest absolute Gasteiger partial charge is 0.244 e. The lowest BCUT2D eigenvalue weighted by Crippen LogP contribution is -2.53. The maximum absolute atomic E-state index is 13.0. The van der Waals surface area contributed by atoms with Crippen molar-refractivity contribution >= 4 is 10.0 Å². The summed E-state index contributed by atoms with van der Waals surface area (Å²) in [4.78, 5) is 6.49. The molecule has 0 amide bonds. The molecule has 24 heavy (non-hydrogen) atoms. The molecule has 0 spiro atoms. The zero-order valence-corrected chi connectivity index (χ0v) is 15.0. The van der Waals surface area contributed by atoms with Crippen LogP contribution in [0.4, 0.5) is 0 Å². The number of aromatic nitrogens is 1. The maximum atomic E-state index is 13.0. The molecular weight excluding hydrogens is 330 g/mol. The second kappa shape index (κ2) is 7.45. The Labute approximate surface area is 143 Å². The van der Waals surface area contributed by atoms with Gasteiger partial charge in [-0.1, -0.05) is 0 Å². The van der Waals surface area contributed by atoms with E-state index >= 15 is 0 Å². The Morgan fingerprint density at radius 3 is 2.83 bits per heavy atom. The number of nitrogens with zero attached hydrogens (tertiary/aromatic N) is 3. The van der Waals surface area contributed by atoms with E-state index in [1.807, 2.05) is 0 Å². The fourth-order valence-electron chi connectivity index (χ4n) is 3.83. The van der Waals surface area contributed by atoms with Gasteiger partial charge in [0, 0.05) is 64.8 Å². The van der Waals surface area contributed by atoms with E-state index in [0.29, 0.717) is 19.7 Å². The van der Waals surface area contributed by atoms with E-state index in [2.05, 4.69) is 9.88 Å². The van der Waals surface area contributed by atoms with Crippen LogP contribution in [0.5, 0.6) is 0 Å². The molecule has 0 saturated carbocycles. The topological polar surface area (TPSA) is 72.0 Å². The van der Waals surface area contributed by atoms with E-state index in [1.54, 1.807) is 36.9 Å². The summed E-state index contributed by atoms with van der Waals surface area (Å²) in [5, 5.41) is 0. The van der Waals surface area contributed by atoms with Crippen LogP contribution in [0.1, 0.15) is 6.42 Å². The number of hydrogen-bond acceptors (Lipinski definition) is 6. The molecule has 2 saturated heterocycles. The van der Waals surface area contributed by atoms with Gasteiger partial charge in [0.1, 0.15) is 4.90 Å². The number of ether oxygens (including phenoxy) is 2. The minimum atomic E-state index is -3.53. The number of pyridine rings is 1. The Kier molecular flexibility index (Phi) is 5.51. The molecule has 2 aliphatic rings. The molecule has 3 heterocycles. The third kappa shape index (κ3) is 3.34. The van der Waals surface area contributed by atoms with E-state index in [0.717, 1.165) is 19.5 Å². The highest BCUT2D eigenvalue weighted by Gasteiger charge is 2.48. The number of hydrogen-bond donors (Lipinski definition) is 0. The molecule has 0 N–H and O–H groups in total. The Hall–Kier alpha value is -1.06. The summed E-state index contributed by atoms with van der Waals surface area (Å²) in [6.07, 6.45) is 3.82. The van der Waals surface area contributed by atoms with Crippen molar-refractivity contribution < 1.29 is 17.9 Å². The number of methoxy groups -OCH3 is 2. The van der Waals surface area contributed by atoms with Gasteiger partial charge >= 0.3 is 0 Å². The molecule has 8 heteroatoms. The first-order valence-electron chi connectivity index (χ1n) is 8.24. The summed E-state index contributed by atoms with van der Waals surface area (Å²) < 4.78 is 38.5. The molecule has 3 atom stereocenters. The van der Waals surface area contributed by atoms with Crippen LogP contribution in [0.3, 0.4) is 0 Å². The van der Waals surface area contributed by atoms with Crippen LogP contribution in [0.15, 0.2) is 29.4 Å². The van der Waals surface area contributed by atoms with Gasteiger partial charge in [0.2, 0.25) is 10.0 Å². The van der Waals surface area contributed by atoms with Crippen molar-refractivity contribution in [1.29, 1.82) is 0 Å². The van der Waals surface area contributed by atoms with Crippen LogP contribution in [0.2, 0.25) is 0 Å². The molecule has 0 bridgehead atoms. The molecule has 2 fully saturated rings. The molecular formula is C16H25N3O4S. The molecule has 1 aromatic rings. The first-order valence-corrected chi connectivity index (χ1v) is 9.68. The largest absolute Gasteiger partial charge is 0.383 e. The minimum absolute atomic E-state index is 0.0641. The molecule has 0 aliphatic carbocycles. The van der Waals surface area contributed by atoms with Gasteiger partial charge in [0.25, 0.3) is 0 Å². The lowest BCUT2D eigenvalue weighted by atomic mass is 9.91. The second-order valence-corrected chi connectivity index (χ2v) is 8.24. The van der Waals surface area contributed by atoms with Gasteiger partial charge in [-0.15, -0.1) is 0 Å². The van der Waals surface area contributed by atoms with E-state index in [-0.39, 0.29) is 23.0 Å². The van der Waals surface area contributed by atoms with Gasteiger partial charge in [-0.2, -0.15) is 4.31 Å². The van der Waals surface area contributed by atoms with E-state index < -0.39 is 10.0 Å². The first-order chi connectivity index (χ1) is 11.6. The van der Waals surface area contributed by atoms with Gasteiger partial charge in [0.15, 0.2) is 0 Å². The van der Waals surface area contributed by atoms with Crippen molar-refractivity contribution in [3.63, 3.8) is 0 Å². The van der Waals surface area contributed by atoms with Crippen LogP contribution in [0.25, 0.3) is 0 Å². The third-order valence-electron chi connectivity index (χ3n) is 5.05. The van der Waals surface area contributed by atoms with Crippen molar-refractivity contribution in [1.82, 2.24) is 14.2 Å². The summed E-state index contributed by atoms with van der Waals surface area (Å²) >= 11 is 0.